The zero-order chi connectivity index (χ0) is 14.7. The maximum atomic E-state index is 12.3. The van der Waals surface area contributed by atoms with Gasteiger partial charge in [0.2, 0.25) is 5.91 Å². The monoisotopic (exact) mass is 294 g/mol. The number of hydrogen-bond donors (Lipinski definition) is 1. The average Bonchev–Trinajstić information content (AvgIpc) is 2.36. The lowest BCUT2D eigenvalue weighted by molar-refractivity contribution is -0.140. The Morgan fingerprint density at radius 2 is 2.05 bits per heavy atom. The van der Waals surface area contributed by atoms with Gasteiger partial charge in [-0.1, -0.05) is 0 Å². The highest BCUT2D eigenvalue weighted by Crippen LogP contribution is 2.24. The minimum atomic E-state index is 0.117. The highest BCUT2D eigenvalue weighted by Gasteiger charge is 2.25. The molecular weight excluding hydrogens is 272 g/mol. The number of carbonyl (C=O) groups is 1. The Morgan fingerprint density at radius 3 is 2.65 bits per heavy atom. The molecule has 0 saturated carbocycles. The zero-order valence-corrected chi connectivity index (χ0v) is 13.1. The highest BCUT2D eigenvalue weighted by molar-refractivity contribution is 8.00. The first-order chi connectivity index (χ1) is 9.45. The molecule has 2 N–H and O–H groups in total. The first-order valence-electron chi connectivity index (χ1n) is 6.88. The lowest BCUT2D eigenvalue weighted by Gasteiger charge is -2.35. The molecule has 1 saturated heterocycles. The fraction of sp³-hybridized carbons (Fsp3) is 0.533. The van der Waals surface area contributed by atoms with Crippen LogP contribution in [0.15, 0.2) is 23.1 Å². The number of benzene rings is 1. The van der Waals surface area contributed by atoms with Crippen molar-refractivity contribution in [2.45, 2.75) is 37.9 Å². The van der Waals surface area contributed by atoms with Gasteiger partial charge >= 0.3 is 0 Å². The van der Waals surface area contributed by atoms with Gasteiger partial charge in [-0.3, -0.25) is 4.79 Å². The van der Waals surface area contributed by atoms with Crippen LogP contribution in [0.25, 0.3) is 0 Å². The number of hydrogen-bond acceptors (Lipinski definition) is 4. The van der Waals surface area contributed by atoms with Crippen LogP contribution in [0.5, 0.6) is 0 Å². The minimum absolute atomic E-state index is 0.117. The Kier molecular flexibility index (Phi) is 4.94. The van der Waals surface area contributed by atoms with Crippen LogP contribution in [0, 0.1) is 6.92 Å². The summed E-state index contributed by atoms with van der Waals surface area (Å²) in [6, 6.07) is 5.79. The molecule has 2 rings (SSSR count). The smallest absolute Gasteiger partial charge is 0.233 e. The van der Waals surface area contributed by atoms with Crippen LogP contribution in [0.4, 0.5) is 5.69 Å². The second-order valence-electron chi connectivity index (χ2n) is 5.37. The van der Waals surface area contributed by atoms with E-state index in [1.807, 2.05) is 43.9 Å². The SMILES string of the molecule is Cc1cc(N)ccc1SCC(=O)N1CC(C)OC(C)C1. The van der Waals surface area contributed by atoms with Gasteiger partial charge in [0.05, 0.1) is 18.0 Å². The van der Waals surface area contributed by atoms with Crippen LogP contribution in [0.2, 0.25) is 0 Å². The molecule has 20 heavy (non-hydrogen) atoms. The summed E-state index contributed by atoms with van der Waals surface area (Å²) in [6.45, 7) is 7.40. The summed E-state index contributed by atoms with van der Waals surface area (Å²) in [5.74, 6) is 0.637. The fourth-order valence-corrected chi connectivity index (χ4v) is 3.36. The van der Waals surface area contributed by atoms with Gasteiger partial charge in [0.1, 0.15) is 0 Å². The molecule has 0 aromatic heterocycles. The number of thioether (sulfide) groups is 1. The molecule has 1 aromatic rings. The van der Waals surface area contributed by atoms with Gasteiger partial charge in [-0.05, 0) is 44.5 Å². The zero-order valence-electron chi connectivity index (χ0n) is 12.3. The van der Waals surface area contributed by atoms with Crippen LogP contribution in [-0.2, 0) is 9.53 Å². The summed E-state index contributed by atoms with van der Waals surface area (Å²) in [6.07, 6.45) is 0.233. The van der Waals surface area contributed by atoms with E-state index in [0.29, 0.717) is 18.8 Å². The quantitative estimate of drug-likeness (QED) is 0.686. The third-order valence-electron chi connectivity index (χ3n) is 3.32. The molecule has 1 fully saturated rings. The number of morpholine rings is 1. The molecule has 1 aliphatic heterocycles. The molecule has 0 bridgehead atoms. The van der Waals surface area contributed by atoms with Gasteiger partial charge in [-0.15, -0.1) is 11.8 Å². The molecule has 1 aromatic carbocycles. The first-order valence-corrected chi connectivity index (χ1v) is 7.86. The summed E-state index contributed by atoms with van der Waals surface area (Å²) in [4.78, 5) is 15.3. The van der Waals surface area contributed by atoms with Crippen molar-refractivity contribution < 1.29 is 9.53 Å². The van der Waals surface area contributed by atoms with Crippen molar-refractivity contribution in [2.75, 3.05) is 24.6 Å². The predicted molar refractivity (Wildman–Crippen MR) is 82.9 cm³/mol. The maximum absolute atomic E-state index is 12.3. The molecule has 1 amide bonds. The molecule has 0 spiro atoms. The summed E-state index contributed by atoms with van der Waals surface area (Å²) < 4.78 is 5.65. The largest absolute Gasteiger partial charge is 0.399 e. The van der Waals surface area contributed by atoms with E-state index in [9.17, 15) is 4.79 Å². The first kappa shape index (κ1) is 15.2. The van der Waals surface area contributed by atoms with E-state index in [-0.39, 0.29) is 18.1 Å². The molecule has 0 aliphatic carbocycles. The van der Waals surface area contributed by atoms with Gasteiger partial charge in [0.15, 0.2) is 0 Å². The van der Waals surface area contributed by atoms with E-state index < -0.39 is 0 Å². The minimum Gasteiger partial charge on any atom is -0.399 e. The number of rotatable bonds is 3. The van der Waals surface area contributed by atoms with Gasteiger partial charge in [0.25, 0.3) is 0 Å². The Bertz CT molecular complexity index is 483. The molecule has 0 radical (unpaired) electrons. The van der Waals surface area contributed by atoms with E-state index >= 15 is 0 Å². The maximum Gasteiger partial charge on any atom is 0.233 e. The summed E-state index contributed by atoms with van der Waals surface area (Å²) in [5, 5.41) is 0. The standard InChI is InChI=1S/C15H22N2O2S/c1-10-6-13(16)4-5-14(10)20-9-15(18)17-7-11(2)19-12(3)8-17/h4-6,11-12H,7-9,16H2,1-3H3. The molecule has 110 valence electrons. The predicted octanol–water partition coefficient (Wildman–Crippen LogP) is 2.31. The lowest BCUT2D eigenvalue weighted by Crippen LogP contribution is -2.48. The highest BCUT2D eigenvalue weighted by atomic mass is 32.2. The molecular formula is C15H22N2O2S. The molecule has 5 heteroatoms. The Morgan fingerprint density at radius 1 is 1.40 bits per heavy atom. The van der Waals surface area contributed by atoms with E-state index in [1.165, 1.54) is 0 Å². The molecule has 2 atom stereocenters. The molecule has 4 nitrogen and oxygen atoms in total. The third kappa shape index (κ3) is 3.90. The lowest BCUT2D eigenvalue weighted by atomic mass is 10.2. The van der Waals surface area contributed by atoms with Gasteiger partial charge in [0, 0.05) is 23.7 Å². The average molecular weight is 294 g/mol. The van der Waals surface area contributed by atoms with Crippen LogP contribution < -0.4 is 5.73 Å². The van der Waals surface area contributed by atoms with Gasteiger partial charge in [-0.25, -0.2) is 0 Å². The molecule has 1 aliphatic rings. The van der Waals surface area contributed by atoms with Gasteiger partial charge in [-0.2, -0.15) is 0 Å². The van der Waals surface area contributed by atoms with Crippen LogP contribution >= 0.6 is 11.8 Å². The number of carbonyl (C=O) groups excluding carboxylic acids is 1. The summed E-state index contributed by atoms with van der Waals surface area (Å²) in [7, 11) is 0. The van der Waals surface area contributed by atoms with Crippen LogP contribution in [0.1, 0.15) is 19.4 Å². The van der Waals surface area contributed by atoms with Crippen molar-refractivity contribution in [1.82, 2.24) is 4.90 Å². The van der Waals surface area contributed by atoms with Crippen molar-refractivity contribution in [3.63, 3.8) is 0 Å². The van der Waals surface area contributed by atoms with E-state index in [0.717, 1.165) is 16.1 Å². The number of nitrogens with two attached hydrogens (primary N) is 1. The fourth-order valence-electron chi connectivity index (χ4n) is 2.45. The number of amides is 1. The summed E-state index contributed by atoms with van der Waals surface area (Å²) >= 11 is 1.57. The summed E-state index contributed by atoms with van der Waals surface area (Å²) in [5.41, 5.74) is 7.61. The van der Waals surface area contributed by atoms with E-state index in [4.69, 9.17) is 10.5 Å². The van der Waals surface area contributed by atoms with Crippen LogP contribution in [0.3, 0.4) is 0 Å². The number of ether oxygens (including phenoxy) is 1. The van der Waals surface area contributed by atoms with Gasteiger partial charge < -0.3 is 15.4 Å². The number of nitrogen functional groups attached to an aromatic ring is 1. The topological polar surface area (TPSA) is 55.6 Å². The second kappa shape index (κ2) is 6.50. The van der Waals surface area contributed by atoms with Crippen molar-refractivity contribution in [2.24, 2.45) is 0 Å². The van der Waals surface area contributed by atoms with Crippen LogP contribution in [-0.4, -0.2) is 41.9 Å². The number of aryl methyl sites for hydroxylation is 1. The molecule has 2 unspecified atom stereocenters. The number of anilines is 1. The van der Waals surface area contributed by atoms with E-state index in [2.05, 4.69) is 0 Å². The van der Waals surface area contributed by atoms with Crippen molar-refractivity contribution in [1.29, 1.82) is 0 Å². The Hall–Kier alpha value is -1.20. The normalized spacial score (nSPS) is 22.9. The number of nitrogens with zero attached hydrogens (tertiary/aromatic N) is 1. The van der Waals surface area contributed by atoms with Crippen molar-refractivity contribution in [3.8, 4) is 0 Å². The second-order valence-corrected chi connectivity index (χ2v) is 6.39. The molecule has 1 heterocycles. The van der Waals surface area contributed by atoms with Crippen molar-refractivity contribution >= 4 is 23.4 Å². The Labute approximate surface area is 124 Å². The third-order valence-corrected chi connectivity index (χ3v) is 4.48. The van der Waals surface area contributed by atoms with E-state index in [1.54, 1.807) is 11.8 Å². The van der Waals surface area contributed by atoms with Crippen molar-refractivity contribution in [3.05, 3.63) is 23.8 Å². The Balaban J connectivity index is 1.91.